The van der Waals surface area contributed by atoms with E-state index in [4.69, 9.17) is 22.1 Å². The summed E-state index contributed by atoms with van der Waals surface area (Å²) < 4.78 is 5.37. The van der Waals surface area contributed by atoms with Gasteiger partial charge >= 0.3 is 5.97 Å². The first-order valence-corrected chi connectivity index (χ1v) is 11.7. The van der Waals surface area contributed by atoms with Crippen molar-refractivity contribution in [1.29, 1.82) is 5.26 Å². The number of rotatable bonds is 3. The van der Waals surface area contributed by atoms with Crippen molar-refractivity contribution in [2.75, 3.05) is 12.4 Å². The van der Waals surface area contributed by atoms with Gasteiger partial charge in [-0.2, -0.15) is 5.26 Å². The van der Waals surface area contributed by atoms with E-state index >= 15 is 0 Å². The molecule has 168 valence electrons. The highest BCUT2D eigenvalue weighted by molar-refractivity contribution is 7.99. The number of ether oxygens (including phenoxy) is 1. The van der Waals surface area contributed by atoms with Crippen molar-refractivity contribution in [2.24, 2.45) is 5.73 Å². The van der Waals surface area contributed by atoms with Crippen molar-refractivity contribution in [3.63, 3.8) is 0 Å². The molecule has 3 heterocycles. The number of carbonyl (C=O) groups is 2. The zero-order valence-corrected chi connectivity index (χ0v) is 19.9. The molecule has 0 bridgehead atoms. The van der Waals surface area contributed by atoms with Gasteiger partial charge in [0, 0.05) is 22.2 Å². The molecule has 1 aromatic carbocycles. The molecular formula is C24H21ClN4O3S. The molecule has 2 aromatic rings. The molecule has 0 fully saturated rings. The smallest absolute Gasteiger partial charge is 0.336 e. The van der Waals surface area contributed by atoms with Gasteiger partial charge in [-0.05, 0) is 50.1 Å². The number of aryl methyl sites for hydroxylation is 2. The number of carbonyl (C=O) groups excluding carboxylic acids is 2. The van der Waals surface area contributed by atoms with Crippen molar-refractivity contribution >= 4 is 35.2 Å². The molecule has 0 saturated heterocycles. The number of thioether (sulfide) groups is 1. The Morgan fingerprint density at radius 1 is 1.36 bits per heavy atom. The standard InChI is InChI=1S/C24H21ClN4O3S/c1-4-32-24(31)20-17-11-33-22-18(12(2)9-13(3)28-22)23(30)29(17)21(27)16(10-26)19(20)14-5-7-15(25)8-6-14/h5-9,19H,4,11,27H2,1-3H3. The van der Waals surface area contributed by atoms with E-state index in [-0.39, 0.29) is 29.3 Å². The van der Waals surface area contributed by atoms with Crippen LogP contribution in [0.1, 0.15) is 40.0 Å². The maximum absolute atomic E-state index is 13.7. The van der Waals surface area contributed by atoms with Gasteiger partial charge in [-0.15, -0.1) is 0 Å². The lowest BCUT2D eigenvalue weighted by Crippen LogP contribution is -2.41. The summed E-state index contributed by atoms with van der Waals surface area (Å²) in [6, 6.07) is 10.8. The summed E-state index contributed by atoms with van der Waals surface area (Å²) in [5.41, 5.74) is 9.77. The quantitative estimate of drug-likeness (QED) is 0.655. The first-order chi connectivity index (χ1) is 15.8. The molecule has 2 aliphatic heterocycles. The van der Waals surface area contributed by atoms with Crippen LogP contribution in [0.5, 0.6) is 0 Å². The summed E-state index contributed by atoms with van der Waals surface area (Å²) in [5.74, 6) is -1.55. The maximum Gasteiger partial charge on any atom is 0.336 e. The lowest BCUT2D eigenvalue weighted by Gasteiger charge is -2.35. The number of fused-ring (bicyclic) bond motifs is 2. The molecule has 1 unspecified atom stereocenters. The molecule has 4 rings (SSSR count). The van der Waals surface area contributed by atoms with Crippen LogP contribution < -0.4 is 5.73 Å². The van der Waals surface area contributed by atoms with Crippen LogP contribution in [0.25, 0.3) is 0 Å². The number of hydrogen-bond acceptors (Lipinski definition) is 7. The van der Waals surface area contributed by atoms with Gasteiger partial charge in [0.05, 0.1) is 35.3 Å². The van der Waals surface area contributed by atoms with Gasteiger partial charge in [-0.25, -0.2) is 9.78 Å². The van der Waals surface area contributed by atoms with Gasteiger partial charge < -0.3 is 10.5 Å². The average molecular weight is 481 g/mol. The van der Waals surface area contributed by atoms with Crippen molar-refractivity contribution in [2.45, 2.75) is 31.7 Å². The summed E-state index contributed by atoms with van der Waals surface area (Å²) in [6.45, 7) is 5.54. The number of pyridine rings is 1. The number of amides is 1. The third-order valence-corrected chi connectivity index (χ3v) is 6.81. The van der Waals surface area contributed by atoms with Crippen LogP contribution in [0.3, 0.4) is 0 Å². The fraction of sp³-hybridized carbons (Fsp3) is 0.250. The highest BCUT2D eigenvalue weighted by Gasteiger charge is 2.43. The highest BCUT2D eigenvalue weighted by atomic mass is 35.5. The van der Waals surface area contributed by atoms with E-state index in [0.717, 1.165) is 11.3 Å². The van der Waals surface area contributed by atoms with Crippen LogP contribution in [0.15, 0.2) is 58.0 Å². The normalized spacial score (nSPS) is 17.8. The molecule has 2 N–H and O–H groups in total. The van der Waals surface area contributed by atoms with Crippen LogP contribution >= 0.6 is 23.4 Å². The van der Waals surface area contributed by atoms with Crippen molar-refractivity contribution in [3.8, 4) is 6.07 Å². The minimum atomic E-state index is -0.789. The number of aromatic nitrogens is 1. The Morgan fingerprint density at radius 2 is 2.06 bits per heavy atom. The molecule has 33 heavy (non-hydrogen) atoms. The minimum Gasteiger partial charge on any atom is -0.463 e. The first-order valence-electron chi connectivity index (χ1n) is 10.3. The molecule has 7 nitrogen and oxygen atoms in total. The molecule has 1 aromatic heterocycles. The molecule has 0 aliphatic carbocycles. The fourth-order valence-electron chi connectivity index (χ4n) is 4.19. The number of esters is 1. The summed E-state index contributed by atoms with van der Waals surface area (Å²) in [6.07, 6.45) is 0. The molecular weight excluding hydrogens is 460 g/mol. The Hall–Kier alpha value is -3.28. The second-order valence-corrected chi connectivity index (χ2v) is 9.07. The second-order valence-electron chi connectivity index (χ2n) is 7.67. The van der Waals surface area contributed by atoms with Crippen molar-refractivity contribution in [1.82, 2.24) is 9.88 Å². The van der Waals surface area contributed by atoms with Gasteiger partial charge in [0.1, 0.15) is 10.8 Å². The zero-order chi connectivity index (χ0) is 23.9. The fourth-order valence-corrected chi connectivity index (χ4v) is 5.48. The van der Waals surface area contributed by atoms with Crippen LogP contribution in [-0.2, 0) is 9.53 Å². The van der Waals surface area contributed by atoms with Gasteiger partial charge in [0.25, 0.3) is 5.91 Å². The Labute approximate surface area is 200 Å². The number of nitrogens with zero attached hydrogens (tertiary/aromatic N) is 3. The molecule has 1 amide bonds. The van der Waals surface area contributed by atoms with Gasteiger partial charge in [-0.1, -0.05) is 35.5 Å². The van der Waals surface area contributed by atoms with Crippen LogP contribution in [0.4, 0.5) is 0 Å². The van der Waals surface area contributed by atoms with Gasteiger partial charge in [0.2, 0.25) is 0 Å². The average Bonchev–Trinajstić information content (AvgIpc) is 2.91. The molecule has 1 atom stereocenters. The molecule has 0 saturated carbocycles. The lowest BCUT2D eigenvalue weighted by molar-refractivity contribution is -0.138. The number of allylic oxidation sites excluding steroid dienone is 1. The van der Waals surface area contributed by atoms with E-state index in [0.29, 0.717) is 26.9 Å². The Morgan fingerprint density at radius 3 is 2.70 bits per heavy atom. The Kier molecular flexibility index (Phi) is 6.19. The van der Waals surface area contributed by atoms with Crippen molar-refractivity contribution < 1.29 is 14.3 Å². The zero-order valence-electron chi connectivity index (χ0n) is 18.3. The number of nitriles is 1. The summed E-state index contributed by atoms with van der Waals surface area (Å²) in [4.78, 5) is 32.8. The minimum absolute atomic E-state index is 0.000997. The van der Waals surface area contributed by atoms with Crippen molar-refractivity contribution in [3.05, 3.63) is 80.4 Å². The largest absolute Gasteiger partial charge is 0.463 e. The Balaban J connectivity index is 2.00. The van der Waals surface area contributed by atoms with Crippen LogP contribution in [-0.4, -0.2) is 34.1 Å². The van der Waals surface area contributed by atoms with E-state index in [2.05, 4.69) is 11.1 Å². The third kappa shape index (κ3) is 3.88. The number of benzene rings is 1. The third-order valence-electron chi connectivity index (χ3n) is 5.57. The van der Waals surface area contributed by atoms with E-state index in [1.807, 2.05) is 19.9 Å². The maximum atomic E-state index is 13.7. The predicted molar refractivity (Wildman–Crippen MR) is 125 cm³/mol. The van der Waals surface area contributed by atoms with E-state index in [9.17, 15) is 14.9 Å². The topological polar surface area (TPSA) is 109 Å². The van der Waals surface area contributed by atoms with Crippen LogP contribution in [0.2, 0.25) is 5.02 Å². The summed E-state index contributed by atoms with van der Waals surface area (Å²) in [5, 5.41) is 11.2. The SMILES string of the molecule is CCOC(=O)C1=C2CSc3nc(C)cc(C)c3C(=O)N2C(N)=C(C#N)C1c1ccc(Cl)cc1. The predicted octanol–water partition coefficient (Wildman–Crippen LogP) is 4.21. The van der Waals surface area contributed by atoms with Crippen LogP contribution in [0, 0.1) is 25.2 Å². The molecule has 2 aliphatic rings. The van der Waals surface area contributed by atoms with E-state index < -0.39 is 17.8 Å². The molecule has 0 radical (unpaired) electrons. The second kappa shape index (κ2) is 8.93. The number of hydrogen-bond donors (Lipinski definition) is 1. The first kappa shape index (κ1) is 22.9. The van der Waals surface area contributed by atoms with E-state index in [1.165, 1.54) is 16.7 Å². The Bertz CT molecular complexity index is 1280. The van der Waals surface area contributed by atoms with Gasteiger partial charge in [-0.3, -0.25) is 9.69 Å². The molecule has 0 spiro atoms. The number of halogens is 1. The molecule has 9 heteroatoms. The number of nitrogens with two attached hydrogens (primary N) is 1. The monoisotopic (exact) mass is 480 g/mol. The summed E-state index contributed by atoms with van der Waals surface area (Å²) in [7, 11) is 0. The van der Waals surface area contributed by atoms with E-state index in [1.54, 1.807) is 31.2 Å². The lowest BCUT2D eigenvalue weighted by atomic mass is 9.81. The highest BCUT2D eigenvalue weighted by Crippen LogP contribution is 2.45. The summed E-state index contributed by atoms with van der Waals surface area (Å²) >= 11 is 7.42. The van der Waals surface area contributed by atoms with Gasteiger partial charge in [0.15, 0.2) is 0 Å².